The summed E-state index contributed by atoms with van der Waals surface area (Å²) in [6.45, 7) is 2.49. The fourth-order valence-corrected chi connectivity index (χ4v) is 4.94. The molecule has 0 spiro atoms. The van der Waals surface area contributed by atoms with Crippen LogP contribution in [0.15, 0.2) is 60.0 Å². The van der Waals surface area contributed by atoms with Gasteiger partial charge in [-0.15, -0.1) is 11.3 Å². The van der Waals surface area contributed by atoms with Gasteiger partial charge >= 0.3 is 0 Å². The molecule has 1 aliphatic heterocycles. The predicted octanol–water partition coefficient (Wildman–Crippen LogP) is 5.62. The normalized spacial score (nSPS) is 14.9. The van der Waals surface area contributed by atoms with Gasteiger partial charge in [0.1, 0.15) is 5.75 Å². The third-order valence-corrected chi connectivity index (χ3v) is 7.21. The summed E-state index contributed by atoms with van der Waals surface area (Å²) in [6, 6.07) is 16.6. The summed E-state index contributed by atoms with van der Waals surface area (Å²) in [5, 5.41) is 8.10. The maximum absolute atomic E-state index is 13.0. The number of hydrogen-bond acceptors (Lipinski definition) is 5. The minimum atomic E-state index is -0.251. The molecule has 0 bridgehead atoms. The van der Waals surface area contributed by atoms with Crippen molar-refractivity contribution in [3.8, 4) is 5.75 Å². The second-order valence-electron chi connectivity index (χ2n) is 8.22. The maximum atomic E-state index is 13.0. The van der Waals surface area contributed by atoms with Crippen molar-refractivity contribution in [3.05, 3.63) is 81.0 Å². The van der Waals surface area contributed by atoms with Crippen LogP contribution in [0.5, 0.6) is 5.75 Å². The number of likely N-dealkylation sites (tertiary alicyclic amines) is 1. The summed E-state index contributed by atoms with van der Waals surface area (Å²) in [7, 11) is 1.65. The molecule has 2 N–H and O–H groups in total. The molecular formula is C26H28ClN3O3S. The maximum Gasteiger partial charge on any atom is 0.265 e. The minimum absolute atomic E-state index is 0.0699. The molecule has 1 unspecified atom stereocenters. The number of carbonyl (C=O) groups is 2. The first-order valence-corrected chi connectivity index (χ1v) is 12.6. The standard InChI is InChI=1S/C26H28ClN3O3S/c1-33-20-10-7-18(8-11-20)23(30-13-3-2-4-14-30)17-28-25(31)19-9-12-21(27)22(16-19)29-26(32)24-6-5-15-34-24/h5-12,15-16,23H,2-4,13-14,17H2,1H3,(H,28,31)(H,29,32). The largest absolute Gasteiger partial charge is 0.497 e. The number of ether oxygens (including phenoxy) is 1. The van der Waals surface area contributed by atoms with Gasteiger partial charge in [-0.1, -0.05) is 36.2 Å². The third kappa shape index (κ3) is 5.97. The fraction of sp³-hybridized carbons (Fsp3) is 0.308. The SMILES string of the molecule is COc1ccc(C(CNC(=O)c2ccc(Cl)c(NC(=O)c3cccs3)c2)N2CCCCC2)cc1. The highest BCUT2D eigenvalue weighted by atomic mass is 35.5. The highest BCUT2D eigenvalue weighted by molar-refractivity contribution is 7.12. The number of amides is 2. The molecule has 2 aromatic carbocycles. The van der Waals surface area contributed by atoms with Gasteiger partial charge in [-0.05, 0) is 73.3 Å². The second kappa shape index (κ2) is 11.5. The Hall–Kier alpha value is -2.87. The molecule has 0 saturated carbocycles. The Bertz CT molecular complexity index is 1110. The van der Waals surface area contributed by atoms with E-state index in [9.17, 15) is 9.59 Å². The van der Waals surface area contributed by atoms with Crippen molar-refractivity contribution < 1.29 is 14.3 Å². The monoisotopic (exact) mass is 497 g/mol. The van der Waals surface area contributed by atoms with Crippen molar-refractivity contribution in [2.45, 2.75) is 25.3 Å². The number of anilines is 1. The second-order valence-corrected chi connectivity index (χ2v) is 9.58. The van der Waals surface area contributed by atoms with Crippen molar-refractivity contribution in [1.29, 1.82) is 0 Å². The lowest BCUT2D eigenvalue weighted by molar-refractivity contribution is 0.0923. The summed E-state index contributed by atoms with van der Waals surface area (Å²) in [5.41, 5.74) is 2.00. The number of piperidine rings is 1. The number of nitrogens with zero attached hydrogens (tertiary/aromatic N) is 1. The van der Waals surface area contributed by atoms with E-state index in [0.717, 1.165) is 37.2 Å². The molecule has 2 amide bonds. The van der Waals surface area contributed by atoms with Gasteiger partial charge in [0.2, 0.25) is 0 Å². The lowest BCUT2D eigenvalue weighted by Gasteiger charge is -2.35. The van der Waals surface area contributed by atoms with E-state index in [2.05, 4.69) is 27.7 Å². The summed E-state index contributed by atoms with van der Waals surface area (Å²) < 4.78 is 5.30. The van der Waals surface area contributed by atoms with E-state index in [-0.39, 0.29) is 17.9 Å². The summed E-state index contributed by atoms with van der Waals surface area (Å²) in [6.07, 6.45) is 3.55. The number of halogens is 1. The van der Waals surface area contributed by atoms with Gasteiger partial charge in [0.15, 0.2) is 0 Å². The fourth-order valence-electron chi connectivity index (χ4n) is 4.16. The lowest BCUT2D eigenvalue weighted by Crippen LogP contribution is -2.40. The van der Waals surface area contributed by atoms with Gasteiger partial charge in [-0.25, -0.2) is 0 Å². The smallest absolute Gasteiger partial charge is 0.265 e. The average Bonchev–Trinajstić information content (AvgIpc) is 3.42. The van der Waals surface area contributed by atoms with E-state index in [1.54, 1.807) is 31.4 Å². The van der Waals surface area contributed by atoms with E-state index in [4.69, 9.17) is 16.3 Å². The van der Waals surface area contributed by atoms with Crippen LogP contribution < -0.4 is 15.4 Å². The quantitative estimate of drug-likeness (QED) is 0.423. The van der Waals surface area contributed by atoms with Gasteiger partial charge < -0.3 is 15.4 Å². The van der Waals surface area contributed by atoms with Gasteiger partial charge in [0.05, 0.1) is 28.7 Å². The molecule has 1 aliphatic rings. The molecule has 1 aromatic heterocycles. The number of nitrogens with one attached hydrogen (secondary N) is 2. The molecule has 0 radical (unpaired) electrons. The zero-order chi connectivity index (χ0) is 23.9. The van der Waals surface area contributed by atoms with Gasteiger partial charge in [0, 0.05) is 12.1 Å². The Morgan fingerprint density at radius 1 is 1.06 bits per heavy atom. The Labute approximate surface area is 208 Å². The predicted molar refractivity (Wildman–Crippen MR) is 137 cm³/mol. The van der Waals surface area contributed by atoms with E-state index in [0.29, 0.717) is 27.7 Å². The minimum Gasteiger partial charge on any atom is -0.497 e. The number of methoxy groups -OCH3 is 1. The Morgan fingerprint density at radius 3 is 2.50 bits per heavy atom. The molecule has 178 valence electrons. The highest BCUT2D eigenvalue weighted by Crippen LogP contribution is 2.27. The Kier molecular flexibility index (Phi) is 8.21. The van der Waals surface area contributed by atoms with Crippen molar-refractivity contribution in [2.75, 3.05) is 32.1 Å². The number of benzene rings is 2. The van der Waals surface area contributed by atoms with Gasteiger partial charge in [0.25, 0.3) is 11.8 Å². The molecular weight excluding hydrogens is 470 g/mol. The van der Waals surface area contributed by atoms with E-state index in [1.807, 2.05) is 23.6 Å². The van der Waals surface area contributed by atoms with E-state index < -0.39 is 0 Å². The average molecular weight is 498 g/mol. The van der Waals surface area contributed by atoms with Crippen LogP contribution in [0.4, 0.5) is 5.69 Å². The van der Waals surface area contributed by atoms with Crippen LogP contribution in [0.2, 0.25) is 5.02 Å². The van der Waals surface area contributed by atoms with Crippen molar-refractivity contribution in [1.82, 2.24) is 10.2 Å². The summed E-state index contributed by atoms with van der Waals surface area (Å²) in [5.74, 6) is 0.349. The van der Waals surface area contributed by atoms with Crippen molar-refractivity contribution in [2.24, 2.45) is 0 Å². The zero-order valence-electron chi connectivity index (χ0n) is 19.1. The van der Waals surface area contributed by atoms with Gasteiger partial charge in [-0.2, -0.15) is 0 Å². The molecule has 2 heterocycles. The van der Waals surface area contributed by atoms with Crippen molar-refractivity contribution in [3.63, 3.8) is 0 Å². The lowest BCUT2D eigenvalue weighted by atomic mass is 10.0. The van der Waals surface area contributed by atoms with E-state index >= 15 is 0 Å². The van der Waals surface area contributed by atoms with Crippen LogP contribution in [0, 0.1) is 0 Å². The Morgan fingerprint density at radius 2 is 1.82 bits per heavy atom. The van der Waals surface area contributed by atoms with Crippen LogP contribution in [0.3, 0.4) is 0 Å². The van der Waals surface area contributed by atoms with Crippen LogP contribution in [0.25, 0.3) is 0 Å². The summed E-state index contributed by atoms with van der Waals surface area (Å²) in [4.78, 5) is 28.5. The molecule has 1 fully saturated rings. The van der Waals surface area contributed by atoms with E-state index in [1.165, 1.54) is 17.8 Å². The molecule has 6 nitrogen and oxygen atoms in total. The topological polar surface area (TPSA) is 70.7 Å². The first-order chi connectivity index (χ1) is 16.5. The molecule has 1 saturated heterocycles. The van der Waals surface area contributed by atoms with Crippen LogP contribution in [-0.2, 0) is 0 Å². The molecule has 0 aliphatic carbocycles. The summed E-state index contributed by atoms with van der Waals surface area (Å²) >= 11 is 7.62. The molecule has 8 heteroatoms. The first-order valence-electron chi connectivity index (χ1n) is 11.4. The Balaban J connectivity index is 1.47. The highest BCUT2D eigenvalue weighted by Gasteiger charge is 2.23. The van der Waals surface area contributed by atoms with Crippen LogP contribution in [0.1, 0.15) is 50.9 Å². The molecule has 3 aromatic rings. The first kappa shape index (κ1) is 24.3. The number of rotatable bonds is 8. The zero-order valence-corrected chi connectivity index (χ0v) is 20.6. The number of thiophene rings is 1. The molecule has 4 rings (SSSR count). The molecule has 1 atom stereocenters. The van der Waals surface area contributed by atoms with Crippen LogP contribution in [-0.4, -0.2) is 43.5 Å². The number of hydrogen-bond donors (Lipinski definition) is 2. The number of carbonyl (C=O) groups excluding carboxylic acids is 2. The molecule has 34 heavy (non-hydrogen) atoms. The van der Waals surface area contributed by atoms with Gasteiger partial charge in [-0.3, -0.25) is 14.5 Å². The third-order valence-electron chi connectivity index (χ3n) is 6.01. The van der Waals surface area contributed by atoms with Crippen LogP contribution >= 0.6 is 22.9 Å². The van der Waals surface area contributed by atoms with Crippen molar-refractivity contribution >= 4 is 40.4 Å².